The molecule has 18 heavy (non-hydrogen) atoms. The van der Waals surface area contributed by atoms with E-state index in [9.17, 15) is 0 Å². The highest BCUT2D eigenvalue weighted by Crippen LogP contribution is 2.12. The molecule has 0 unspecified atom stereocenters. The zero-order chi connectivity index (χ0) is 12.5. The molecule has 6 nitrogen and oxygen atoms in total. The lowest BCUT2D eigenvalue weighted by Gasteiger charge is -2.04. The molecule has 0 amide bonds. The Labute approximate surface area is 108 Å². The molecular weight excluding hydrogens is 248 g/mol. The average molecular weight is 260 g/mol. The molecule has 0 atom stereocenters. The Morgan fingerprint density at radius 1 is 1.33 bits per heavy atom. The van der Waals surface area contributed by atoms with Gasteiger partial charge in [0.25, 0.3) is 0 Å². The first-order chi connectivity index (χ1) is 8.74. The maximum atomic E-state index is 5.31. The maximum absolute atomic E-state index is 5.31. The van der Waals surface area contributed by atoms with E-state index in [-0.39, 0.29) is 0 Å². The van der Waals surface area contributed by atoms with Crippen LogP contribution >= 0.6 is 12.2 Å². The van der Waals surface area contributed by atoms with Crippen LogP contribution in [0, 0.1) is 11.7 Å². The van der Waals surface area contributed by atoms with Crippen LogP contribution in [0.25, 0.3) is 11.2 Å². The molecule has 0 aliphatic rings. The number of aromatic amines is 1. The van der Waals surface area contributed by atoms with Crippen molar-refractivity contribution < 1.29 is 0 Å². The number of aromatic nitrogens is 6. The van der Waals surface area contributed by atoms with Crippen LogP contribution in [0.2, 0.25) is 0 Å². The number of imidazole rings is 1. The second-order valence-corrected chi connectivity index (χ2v) is 4.46. The van der Waals surface area contributed by atoms with E-state index in [1.807, 2.05) is 29.8 Å². The van der Waals surface area contributed by atoms with Gasteiger partial charge in [0.2, 0.25) is 0 Å². The van der Waals surface area contributed by atoms with Gasteiger partial charge in [0.05, 0.1) is 18.3 Å². The zero-order valence-corrected chi connectivity index (χ0v) is 10.7. The summed E-state index contributed by atoms with van der Waals surface area (Å²) < 4.78 is 4.44. The van der Waals surface area contributed by atoms with Crippen molar-refractivity contribution in [3.05, 3.63) is 35.0 Å². The third-order valence-corrected chi connectivity index (χ3v) is 3.10. The van der Waals surface area contributed by atoms with Gasteiger partial charge in [-0.05, 0) is 31.3 Å². The summed E-state index contributed by atoms with van der Waals surface area (Å²) in [4.78, 5) is 7.67. The van der Waals surface area contributed by atoms with Gasteiger partial charge in [-0.25, -0.2) is 4.98 Å². The Balaban J connectivity index is 1.98. The summed E-state index contributed by atoms with van der Waals surface area (Å²) in [6, 6.07) is 3.97. The number of H-pyrrole nitrogens is 1. The number of hydrogen-bond donors (Lipinski definition) is 1. The second kappa shape index (κ2) is 4.34. The number of fused-ring (bicyclic) bond motifs is 1. The van der Waals surface area contributed by atoms with E-state index >= 15 is 0 Å². The van der Waals surface area contributed by atoms with E-state index < -0.39 is 0 Å². The fraction of sp³-hybridized carbons (Fsp3) is 0.273. The van der Waals surface area contributed by atoms with Crippen molar-refractivity contribution in [1.82, 2.24) is 29.5 Å². The summed E-state index contributed by atoms with van der Waals surface area (Å²) in [5.74, 6) is 0. The summed E-state index contributed by atoms with van der Waals surface area (Å²) in [5.41, 5.74) is 2.83. The minimum absolute atomic E-state index is 0.684. The third kappa shape index (κ3) is 1.92. The first-order valence-electron chi connectivity index (χ1n) is 5.64. The van der Waals surface area contributed by atoms with Gasteiger partial charge < -0.3 is 4.98 Å². The summed E-state index contributed by atoms with van der Waals surface area (Å²) in [6.07, 6.45) is 3.49. The van der Waals surface area contributed by atoms with Crippen LogP contribution in [-0.4, -0.2) is 29.5 Å². The van der Waals surface area contributed by atoms with Crippen molar-refractivity contribution in [3.8, 4) is 0 Å². The Bertz CT molecular complexity index is 724. The minimum atomic E-state index is 0.684. The monoisotopic (exact) mass is 260 g/mol. The SMILES string of the molecule is Cc1ccc2[nH]c(=S)n(CCn3ccnn3)c2n1. The Morgan fingerprint density at radius 3 is 3.00 bits per heavy atom. The third-order valence-electron chi connectivity index (χ3n) is 2.78. The fourth-order valence-electron chi connectivity index (χ4n) is 1.89. The van der Waals surface area contributed by atoms with E-state index in [1.165, 1.54) is 0 Å². The standard InChI is InChI=1S/C11H12N6S/c1-8-2-3-9-10(13-8)17(11(18)14-9)7-6-16-5-4-12-15-16/h2-5H,6-7H2,1H3,(H,14,18). The minimum Gasteiger partial charge on any atom is -0.329 e. The molecule has 3 aromatic rings. The van der Waals surface area contributed by atoms with Gasteiger partial charge in [-0.3, -0.25) is 9.25 Å². The molecule has 0 spiro atoms. The van der Waals surface area contributed by atoms with Crippen LogP contribution < -0.4 is 0 Å². The number of nitrogens with one attached hydrogen (secondary N) is 1. The van der Waals surface area contributed by atoms with Crippen LogP contribution in [0.4, 0.5) is 0 Å². The highest BCUT2D eigenvalue weighted by Gasteiger charge is 2.06. The van der Waals surface area contributed by atoms with Crippen molar-refractivity contribution in [3.63, 3.8) is 0 Å². The summed E-state index contributed by atoms with van der Waals surface area (Å²) >= 11 is 5.31. The van der Waals surface area contributed by atoms with E-state index in [2.05, 4.69) is 20.3 Å². The van der Waals surface area contributed by atoms with Gasteiger partial charge in [0.1, 0.15) is 0 Å². The molecule has 3 aromatic heterocycles. The highest BCUT2D eigenvalue weighted by molar-refractivity contribution is 7.71. The van der Waals surface area contributed by atoms with Crippen LogP contribution in [0.1, 0.15) is 5.69 Å². The van der Waals surface area contributed by atoms with Crippen LogP contribution in [-0.2, 0) is 13.1 Å². The normalized spacial score (nSPS) is 11.2. The van der Waals surface area contributed by atoms with Crippen molar-refractivity contribution in [1.29, 1.82) is 0 Å². The lowest BCUT2D eigenvalue weighted by Crippen LogP contribution is -2.08. The molecule has 0 radical (unpaired) electrons. The molecule has 0 aliphatic carbocycles. The topological polar surface area (TPSA) is 64.3 Å². The van der Waals surface area contributed by atoms with Gasteiger partial charge in [0, 0.05) is 18.4 Å². The molecule has 0 aliphatic heterocycles. The smallest absolute Gasteiger partial charge is 0.179 e. The number of pyridine rings is 1. The van der Waals surface area contributed by atoms with Crippen LogP contribution in [0.5, 0.6) is 0 Å². The number of aryl methyl sites for hydroxylation is 3. The first kappa shape index (κ1) is 11.1. The predicted octanol–water partition coefficient (Wildman–Crippen LogP) is 1.69. The average Bonchev–Trinajstić information content (AvgIpc) is 2.94. The lowest BCUT2D eigenvalue weighted by atomic mass is 10.3. The molecule has 7 heteroatoms. The van der Waals surface area contributed by atoms with E-state index in [1.54, 1.807) is 10.9 Å². The molecule has 1 N–H and O–H groups in total. The molecular formula is C11H12N6S. The lowest BCUT2D eigenvalue weighted by molar-refractivity contribution is 0.521. The molecule has 0 aromatic carbocycles. The van der Waals surface area contributed by atoms with Gasteiger partial charge in [-0.15, -0.1) is 5.10 Å². The van der Waals surface area contributed by atoms with E-state index in [0.717, 1.165) is 29.9 Å². The van der Waals surface area contributed by atoms with Crippen molar-refractivity contribution >= 4 is 23.4 Å². The molecule has 3 heterocycles. The van der Waals surface area contributed by atoms with Crippen molar-refractivity contribution in [2.45, 2.75) is 20.0 Å². The van der Waals surface area contributed by atoms with Crippen molar-refractivity contribution in [2.75, 3.05) is 0 Å². The van der Waals surface area contributed by atoms with Gasteiger partial charge in [-0.2, -0.15) is 0 Å². The number of nitrogens with zero attached hydrogens (tertiary/aromatic N) is 5. The quantitative estimate of drug-likeness (QED) is 0.728. The first-order valence-corrected chi connectivity index (χ1v) is 6.05. The van der Waals surface area contributed by atoms with Gasteiger partial charge >= 0.3 is 0 Å². The van der Waals surface area contributed by atoms with E-state index in [4.69, 9.17) is 12.2 Å². The Morgan fingerprint density at radius 2 is 2.22 bits per heavy atom. The predicted molar refractivity (Wildman–Crippen MR) is 69.7 cm³/mol. The highest BCUT2D eigenvalue weighted by atomic mass is 32.1. The van der Waals surface area contributed by atoms with Gasteiger partial charge in [0.15, 0.2) is 10.4 Å². The van der Waals surface area contributed by atoms with Crippen LogP contribution in [0.3, 0.4) is 0 Å². The zero-order valence-electron chi connectivity index (χ0n) is 9.87. The van der Waals surface area contributed by atoms with Crippen LogP contribution in [0.15, 0.2) is 24.5 Å². The molecule has 92 valence electrons. The molecule has 0 fully saturated rings. The molecule has 0 saturated heterocycles. The van der Waals surface area contributed by atoms with Gasteiger partial charge in [-0.1, -0.05) is 5.21 Å². The summed E-state index contributed by atoms with van der Waals surface area (Å²) in [6.45, 7) is 3.41. The maximum Gasteiger partial charge on any atom is 0.179 e. The Kier molecular flexibility index (Phi) is 2.67. The Hall–Kier alpha value is -2.02. The molecule has 0 saturated carbocycles. The summed E-state index contributed by atoms with van der Waals surface area (Å²) in [7, 11) is 0. The molecule has 0 bridgehead atoms. The number of rotatable bonds is 3. The largest absolute Gasteiger partial charge is 0.329 e. The number of hydrogen-bond acceptors (Lipinski definition) is 4. The molecule has 3 rings (SSSR count). The van der Waals surface area contributed by atoms with E-state index in [0.29, 0.717) is 4.77 Å². The fourth-order valence-corrected chi connectivity index (χ4v) is 2.17. The summed E-state index contributed by atoms with van der Waals surface area (Å²) in [5, 5.41) is 7.71. The second-order valence-electron chi connectivity index (χ2n) is 4.07. The van der Waals surface area contributed by atoms with Crippen molar-refractivity contribution in [2.24, 2.45) is 0 Å².